The molecule has 0 atom stereocenters. The van der Waals surface area contributed by atoms with Crippen molar-refractivity contribution in [1.29, 1.82) is 0 Å². The smallest absolute Gasteiger partial charge is 0.255 e. The van der Waals surface area contributed by atoms with Crippen molar-refractivity contribution in [1.82, 2.24) is 9.55 Å². The summed E-state index contributed by atoms with van der Waals surface area (Å²) in [6, 6.07) is 6.99. The second-order valence-corrected chi connectivity index (χ2v) is 5.78. The predicted octanol–water partition coefficient (Wildman–Crippen LogP) is 1.17. The molecular formula is C17H19FN4O3. The summed E-state index contributed by atoms with van der Waals surface area (Å²) < 4.78 is 19.9. The maximum atomic E-state index is 13.2. The van der Waals surface area contributed by atoms with Crippen LogP contribution >= 0.6 is 0 Å². The molecule has 1 fully saturated rings. The summed E-state index contributed by atoms with van der Waals surface area (Å²) >= 11 is 0. The molecular weight excluding hydrogens is 327 g/mol. The first-order valence-electron chi connectivity index (χ1n) is 7.99. The van der Waals surface area contributed by atoms with Gasteiger partial charge >= 0.3 is 0 Å². The van der Waals surface area contributed by atoms with E-state index in [0.717, 1.165) is 0 Å². The first-order valence-corrected chi connectivity index (χ1v) is 7.99. The van der Waals surface area contributed by atoms with Crippen molar-refractivity contribution in [3.8, 4) is 0 Å². The molecule has 1 aromatic carbocycles. The lowest BCUT2D eigenvalue weighted by Crippen LogP contribution is -2.41. The Morgan fingerprint density at radius 2 is 2.08 bits per heavy atom. The van der Waals surface area contributed by atoms with Gasteiger partial charge in [-0.05, 0) is 25.1 Å². The van der Waals surface area contributed by atoms with Gasteiger partial charge in [0.25, 0.3) is 5.56 Å². The summed E-state index contributed by atoms with van der Waals surface area (Å²) in [7, 11) is 0. The Morgan fingerprint density at radius 1 is 1.32 bits per heavy atom. The van der Waals surface area contributed by atoms with Gasteiger partial charge in [0, 0.05) is 30.5 Å². The van der Waals surface area contributed by atoms with Crippen LogP contribution in [-0.4, -0.2) is 41.8 Å². The number of halogens is 1. The van der Waals surface area contributed by atoms with Crippen molar-refractivity contribution in [2.75, 3.05) is 36.5 Å². The molecule has 25 heavy (non-hydrogen) atoms. The van der Waals surface area contributed by atoms with E-state index in [1.54, 1.807) is 13.0 Å². The zero-order chi connectivity index (χ0) is 17.8. The van der Waals surface area contributed by atoms with Gasteiger partial charge in [-0.2, -0.15) is 0 Å². The fourth-order valence-electron chi connectivity index (χ4n) is 2.67. The van der Waals surface area contributed by atoms with E-state index < -0.39 is 11.7 Å². The Balaban J connectivity index is 1.83. The van der Waals surface area contributed by atoms with Gasteiger partial charge in [0.15, 0.2) is 0 Å². The lowest BCUT2D eigenvalue weighted by Gasteiger charge is -2.29. The normalized spacial score (nSPS) is 14.4. The number of hydrogen-bond donors (Lipinski definition) is 1. The fraction of sp³-hybridized carbons (Fsp3) is 0.353. The van der Waals surface area contributed by atoms with E-state index in [1.807, 2.05) is 4.90 Å². The molecule has 132 valence electrons. The Labute approximate surface area is 144 Å². The van der Waals surface area contributed by atoms with Gasteiger partial charge in [-0.3, -0.25) is 14.2 Å². The molecule has 2 aromatic rings. The van der Waals surface area contributed by atoms with Crippen LogP contribution in [0.4, 0.5) is 16.0 Å². The number of nitrogens with one attached hydrogen (secondary N) is 1. The Kier molecular flexibility index (Phi) is 5.08. The number of amides is 1. The zero-order valence-electron chi connectivity index (χ0n) is 13.9. The van der Waals surface area contributed by atoms with Crippen LogP contribution in [0, 0.1) is 12.7 Å². The number of benzene rings is 1. The maximum absolute atomic E-state index is 13.2. The molecule has 1 N–H and O–H groups in total. The Morgan fingerprint density at radius 3 is 2.80 bits per heavy atom. The third-order valence-electron chi connectivity index (χ3n) is 3.82. The highest BCUT2D eigenvalue weighted by Gasteiger charge is 2.19. The number of nitrogens with zero attached hydrogens (tertiary/aromatic N) is 3. The molecule has 1 aromatic heterocycles. The number of rotatable bonds is 4. The van der Waals surface area contributed by atoms with Gasteiger partial charge in [0.1, 0.15) is 12.4 Å². The molecule has 1 aliphatic rings. The van der Waals surface area contributed by atoms with Crippen LogP contribution in [0.2, 0.25) is 0 Å². The zero-order valence-corrected chi connectivity index (χ0v) is 13.9. The minimum atomic E-state index is -0.444. The van der Waals surface area contributed by atoms with Crippen molar-refractivity contribution >= 4 is 17.5 Å². The van der Waals surface area contributed by atoms with Crippen molar-refractivity contribution in [2.24, 2.45) is 0 Å². The average Bonchev–Trinajstić information content (AvgIpc) is 2.58. The molecule has 0 aliphatic carbocycles. The molecule has 2 heterocycles. The number of morpholine rings is 1. The average molecular weight is 346 g/mol. The lowest BCUT2D eigenvalue weighted by molar-refractivity contribution is -0.116. The van der Waals surface area contributed by atoms with E-state index >= 15 is 0 Å². The number of hydrogen-bond acceptors (Lipinski definition) is 5. The van der Waals surface area contributed by atoms with Crippen LogP contribution in [0.5, 0.6) is 0 Å². The van der Waals surface area contributed by atoms with E-state index in [1.165, 1.54) is 28.8 Å². The highest BCUT2D eigenvalue weighted by Crippen LogP contribution is 2.13. The second-order valence-electron chi connectivity index (χ2n) is 5.78. The summed E-state index contributed by atoms with van der Waals surface area (Å²) in [6.07, 6.45) is 0. The number of ether oxygens (including phenoxy) is 1. The van der Waals surface area contributed by atoms with Gasteiger partial charge in [0.2, 0.25) is 11.9 Å². The van der Waals surface area contributed by atoms with Crippen molar-refractivity contribution in [3.05, 3.63) is 52.2 Å². The monoisotopic (exact) mass is 346 g/mol. The lowest BCUT2D eigenvalue weighted by atomic mass is 10.3. The molecule has 1 aliphatic heterocycles. The largest absolute Gasteiger partial charge is 0.378 e. The van der Waals surface area contributed by atoms with E-state index in [2.05, 4.69) is 10.3 Å². The van der Waals surface area contributed by atoms with Gasteiger partial charge in [-0.15, -0.1) is 0 Å². The first kappa shape index (κ1) is 17.1. The summed E-state index contributed by atoms with van der Waals surface area (Å²) in [5.41, 5.74) is 0.628. The molecule has 0 radical (unpaired) electrons. The minimum absolute atomic E-state index is 0.199. The van der Waals surface area contributed by atoms with Crippen molar-refractivity contribution < 1.29 is 13.9 Å². The van der Waals surface area contributed by atoms with Crippen molar-refractivity contribution in [2.45, 2.75) is 13.5 Å². The standard InChI is InChI=1S/C17H19FN4O3/c1-12-9-16(24)22(17(19-12)21-5-7-25-8-6-21)11-15(23)20-14-4-2-3-13(18)10-14/h2-4,9-10H,5-8,11H2,1H3,(H,20,23). The van der Waals surface area contributed by atoms with Crippen LogP contribution in [0.25, 0.3) is 0 Å². The van der Waals surface area contributed by atoms with E-state index in [9.17, 15) is 14.0 Å². The van der Waals surface area contributed by atoms with Crippen molar-refractivity contribution in [3.63, 3.8) is 0 Å². The topological polar surface area (TPSA) is 76.5 Å². The summed E-state index contributed by atoms with van der Waals surface area (Å²) in [5, 5.41) is 2.59. The molecule has 0 saturated carbocycles. The number of carbonyl (C=O) groups excluding carboxylic acids is 1. The van der Waals surface area contributed by atoms with Crippen LogP contribution in [0.1, 0.15) is 5.69 Å². The van der Waals surface area contributed by atoms with Crippen LogP contribution < -0.4 is 15.8 Å². The molecule has 7 nitrogen and oxygen atoms in total. The molecule has 3 rings (SSSR count). The number of aryl methyl sites for hydroxylation is 1. The van der Waals surface area contributed by atoms with Gasteiger partial charge in [0.05, 0.1) is 13.2 Å². The van der Waals surface area contributed by atoms with Crippen LogP contribution in [0.15, 0.2) is 35.1 Å². The third-order valence-corrected chi connectivity index (χ3v) is 3.82. The van der Waals surface area contributed by atoms with Crippen LogP contribution in [-0.2, 0) is 16.1 Å². The number of anilines is 2. The molecule has 8 heteroatoms. The van der Waals surface area contributed by atoms with Crippen LogP contribution in [0.3, 0.4) is 0 Å². The third kappa shape index (κ3) is 4.21. The summed E-state index contributed by atoms with van der Waals surface area (Å²) in [6.45, 7) is 3.82. The molecule has 0 bridgehead atoms. The maximum Gasteiger partial charge on any atom is 0.255 e. The van der Waals surface area contributed by atoms with Gasteiger partial charge in [-0.1, -0.05) is 6.07 Å². The SMILES string of the molecule is Cc1cc(=O)n(CC(=O)Nc2cccc(F)c2)c(N2CCOCC2)n1. The van der Waals surface area contributed by atoms with E-state index in [4.69, 9.17) is 4.74 Å². The highest BCUT2D eigenvalue weighted by atomic mass is 19.1. The van der Waals surface area contributed by atoms with Gasteiger partial charge < -0.3 is 15.0 Å². The minimum Gasteiger partial charge on any atom is -0.378 e. The summed E-state index contributed by atoms with van der Waals surface area (Å²) in [4.78, 5) is 31.0. The molecule has 0 unspecified atom stereocenters. The molecule has 0 spiro atoms. The Bertz CT molecular complexity index is 831. The second kappa shape index (κ2) is 7.43. The first-order chi connectivity index (χ1) is 12.0. The quantitative estimate of drug-likeness (QED) is 0.899. The molecule has 1 amide bonds. The Hall–Kier alpha value is -2.74. The number of aromatic nitrogens is 2. The number of carbonyl (C=O) groups is 1. The highest BCUT2D eigenvalue weighted by molar-refractivity contribution is 5.90. The van der Waals surface area contributed by atoms with E-state index in [0.29, 0.717) is 43.6 Å². The van der Waals surface area contributed by atoms with Gasteiger partial charge in [-0.25, -0.2) is 9.37 Å². The fourth-order valence-corrected chi connectivity index (χ4v) is 2.67. The molecule has 1 saturated heterocycles. The summed E-state index contributed by atoms with van der Waals surface area (Å²) in [5.74, 6) is -0.420. The predicted molar refractivity (Wildman–Crippen MR) is 91.3 cm³/mol. The van der Waals surface area contributed by atoms with E-state index in [-0.39, 0.29) is 12.1 Å².